The van der Waals surface area contributed by atoms with Gasteiger partial charge in [-0.25, -0.2) is 4.98 Å². The maximum Gasteiger partial charge on any atom is 0.271 e. The van der Waals surface area contributed by atoms with Gasteiger partial charge in [0.1, 0.15) is 5.69 Å². The van der Waals surface area contributed by atoms with Gasteiger partial charge in [-0.15, -0.1) is 24.8 Å². The van der Waals surface area contributed by atoms with E-state index in [1.807, 2.05) is 6.92 Å². The molecular formula is C11H18Cl2N4O. The summed E-state index contributed by atoms with van der Waals surface area (Å²) in [6, 6.07) is 0. The Kier molecular flexibility index (Phi) is 6.52. The molecule has 1 amide bonds. The van der Waals surface area contributed by atoms with Crippen molar-refractivity contribution in [2.24, 2.45) is 11.7 Å². The van der Waals surface area contributed by atoms with Gasteiger partial charge >= 0.3 is 0 Å². The molecule has 0 radical (unpaired) electrons. The summed E-state index contributed by atoms with van der Waals surface area (Å²) in [5.74, 6) is 0.297. The number of halogens is 2. The highest BCUT2D eigenvalue weighted by molar-refractivity contribution is 5.92. The third-order valence-electron chi connectivity index (χ3n) is 3.10. The summed E-state index contributed by atoms with van der Waals surface area (Å²) in [6.45, 7) is 2.43. The molecule has 1 unspecified atom stereocenters. The number of nitrogens with two attached hydrogens (primary N) is 1. The number of nitrogens with one attached hydrogen (secondary N) is 1. The molecule has 102 valence electrons. The minimum Gasteiger partial charge on any atom is -0.344 e. The molecule has 1 aromatic heterocycles. The fourth-order valence-electron chi connectivity index (χ4n) is 1.78. The number of carbonyl (C=O) groups is 1. The molecule has 0 aliphatic heterocycles. The fourth-order valence-corrected chi connectivity index (χ4v) is 1.78. The van der Waals surface area contributed by atoms with Gasteiger partial charge in [-0.05, 0) is 25.7 Å². The van der Waals surface area contributed by atoms with Crippen molar-refractivity contribution >= 4 is 30.7 Å². The van der Waals surface area contributed by atoms with Crippen molar-refractivity contribution in [3.63, 3.8) is 0 Å². The van der Waals surface area contributed by atoms with Gasteiger partial charge in [0.2, 0.25) is 0 Å². The molecular weight excluding hydrogens is 275 g/mol. The lowest BCUT2D eigenvalue weighted by Gasteiger charge is -2.29. The lowest BCUT2D eigenvalue weighted by atomic mass is 9.96. The Morgan fingerprint density at radius 1 is 1.50 bits per heavy atom. The molecule has 1 fully saturated rings. The number of amides is 1. The molecule has 1 aromatic rings. The van der Waals surface area contributed by atoms with E-state index in [-0.39, 0.29) is 36.3 Å². The molecule has 0 saturated heterocycles. The largest absolute Gasteiger partial charge is 0.344 e. The lowest BCUT2D eigenvalue weighted by Crippen LogP contribution is -2.53. The van der Waals surface area contributed by atoms with Crippen molar-refractivity contribution in [1.29, 1.82) is 0 Å². The monoisotopic (exact) mass is 292 g/mol. The van der Waals surface area contributed by atoms with Gasteiger partial charge in [0.15, 0.2) is 0 Å². The zero-order valence-corrected chi connectivity index (χ0v) is 11.8. The van der Waals surface area contributed by atoms with E-state index in [0.29, 0.717) is 18.2 Å². The summed E-state index contributed by atoms with van der Waals surface area (Å²) in [5, 5.41) is 2.95. The van der Waals surface area contributed by atoms with Crippen LogP contribution in [0.5, 0.6) is 0 Å². The second-order valence-corrected chi connectivity index (χ2v) is 4.44. The summed E-state index contributed by atoms with van der Waals surface area (Å²) < 4.78 is 0. The Labute approximate surface area is 119 Å². The van der Waals surface area contributed by atoms with Gasteiger partial charge in [-0.3, -0.25) is 9.78 Å². The van der Waals surface area contributed by atoms with E-state index in [9.17, 15) is 4.79 Å². The maximum atomic E-state index is 11.9. The topological polar surface area (TPSA) is 80.9 Å². The van der Waals surface area contributed by atoms with Crippen LogP contribution in [-0.4, -0.2) is 28.0 Å². The average molecular weight is 293 g/mol. The van der Waals surface area contributed by atoms with Crippen LogP contribution in [0.1, 0.15) is 30.3 Å². The molecule has 0 aromatic carbocycles. The number of hydrogen-bond acceptors (Lipinski definition) is 4. The molecule has 0 spiro atoms. The van der Waals surface area contributed by atoms with E-state index >= 15 is 0 Å². The first-order chi connectivity index (χ1) is 7.65. The van der Waals surface area contributed by atoms with E-state index in [2.05, 4.69) is 15.3 Å². The van der Waals surface area contributed by atoms with E-state index < -0.39 is 0 Å². The first-order valence-electron chi connectivity index (χ1n) is 5.44. The third kappa shape index (κ3) is 3.80. The van der Waals surface area contributed by atoms with Gasteiger partial charge < -0.3 is 11.1 Å². The lowest BCUT2D eigenvalue weighted by molar-refractivity contribution is 0.0892. The zero-order valence-electron chi connectivity index (χ0n) is 10.1. The summed E-state index contributed by atoms with van der Waals surface area (Å²) in [4.78, 5) is 19.7. The predicted octanol–water partition coefficient (Wildman–Crippen LogP) is 1.18. The second kappa shape index (κ2) is 6.87. The van der Waals surface area contributed by atoms with E-state index in [4.69, 9.17) is 5.73 Å². The van der Waals surface area contributed by atoms with Crippen molar-refractivity contribution in [2.75, 3.05) is 6.54 Å². The number of aromatic nitrogens is 2. The molecule has 2 rings (SSSR count). The van der Waals surface area contributed by atoms with Crippen LogP contribution in [0.2, 0.25) is 0 Å². The number of nitrogens with zero attached hydrogens (tertiary/aromatic N) is 2. The minimum atomic E-state index is -0.311. The summed E-state index contributed by atoms with van der Waals surface area (Å²) in [6.07, 6.45) is 6.77. The Balaban J connectivity index is 0.00000144. The standard InChI is InChI=1S/C11H16N4O.2ClH/c1-11(7-12,8-2-3-8)15-10(16)9-6-13-4-5-14-9;;/h4-6,8H,2-3,7,12H2,1H3,(H,15,16);2*1H. The highest BCUT2D eigenvalue weighted by atomic mass is 35.5. The number of hydrogen-bond donors (Lipinski definition) is 2. The third-order valence-corrected chi connectivity index (χ3v) is 3.10. The van der Waals surface area contributed by atoms with Gasteiger partial charge in [0.25, 0.3) is 5.91 Å². The molecule has 1 atom stereocenters. The van der Waals surface area contributed by atoms with Crippen LogP contribution < -0.4 is 11.1 Å². The Hall–Kier alpha value is -0.910. The van der Waals surface area contributed by atoms with Crippen molar-refractivity contribution < 1.29 is 4.79 Å². The van der Waals surface area contributed by atoms with E-state index in [1.54, 1.807) is 6.20 Å². The zero-order chi connectivity index (χ0) is 11.6. The van der Waals surface area contributed by atoms with Crippen molar-refractivity contribution in [3.8, 4) is 0 Å². The predicted molar refractivity (Wildman–Crippen MR) is 74.2 cm³/mol. The van der Waals surface area contributed by atoms with Gasteiger partial charge in [-0.2, -0.15) is 0 Å². The van der Waals surface area contributed by atoms with Crippen LogP contribution in [0.15, 0.2) is 18.6 Å². The van der Waals surface area contributed by atoms with E-state index in [0.717, 1.165) is 12.8 Å². The Bertz CT molecular complexity index is 386. The van der Waals surface area contributed by atoms with Gasteiger partial charge in [0, 0.05) is 18.9 Å². The summed E-state index contributed by atoms with van der Waals surface area (Å²) in [7, 11) is 0. The van der Waals surface area contributed by atoms with Gasteiger partial charge in [0.05, 0.1) is 11.7 Å². The van der Waals surface area contributed by atoms with Crippen molar-refractivity contribution in [2.45, 2.75) is 25.3 Å². The number of rotatable bonds is 4. The smallest absolute Gasteiger partial charge is 0.271 e. The molecule has 0 bridgehead atoms. The first-order valence-corrected chi connectivity index (χ1v) is 5.44. The molecule has 1 saturated carbocycles. The highest BCUT2D eigenvalue weighted by Crippen LogP contribution is 2.39. The maximum absolute atomic E-state index is 11.9. The molecule has 1 aliphatic carbocycles. The van der Waals surface area contributed by atoms with Crippen LogP contribution >= 0.6 is 24.8 Å². The SMILES string of the molecule is CC(CN)(NC(=O)c1cnccn1)C1CC1.Cl.Cl. The fraction of sp³-hybridized carbons (Fsp3) is 0.545. The molecule has 18 heavy (non-hydrogen) atoms. The molecule has 3 N–H and O–H groups in total. The molecule has 7 heteroatoms. The normalized spacial score (nSPS) is 16.8. The second-order valence-electron chi connectivity index (χ2n) is 4.44. The summed E-state index contributed by atoms with van der Waals surface area (Å²) >= 11 is 0. The summed E-state index contributed by atoms with van der Waals surface area (Å²) in [5.41, 5.74) is 5.75. The first kappa shape index (κ1) is 17.1. The quantitative estimate of drug-likeness (QED) is 0.873. The van der Waals surface area contributed by atoms with Crippen molar-refractivity contribution in [1.82, 2.24) is 15.3 Å². The van der Waals surface area contributed by atoms with Gasteiger partial charge in [-0.1, -0.05) is 0 Å². The van der Waals surface area contributed by atoms with Crippen LogP contribution in [0, 0.1) is 5.92 Å². The highest BCUT2D eigenvalue weighted by Gasteiger charge is 2.41. The molecule has 5 nitrogen and oxygen atoms in total. The van der Waals surface area contributed by atoms with Crippen molar-refractivity contribution in [3.05, 3.63) is 24.3 Å². The molecule has 1 heterocycles. The van der Waals surface area contributed by atoms with Crippen LogP contribution in [0.25, 0.3) is 0 Å². The van der Waals surface area contributed by atoms with E-state index in [1.165, 1.54) is 12.4 Å². The minimum absolute atomic E-state index is 0. The number of carbonyl (C=O) groups excluding carboxylic acids is 1. The average Bonchev–Trinajstić information content (AvgIpc) is 3.14. The van der Waals surface area contributed by atoms with Crippen LogP contribution in [0.3, 0.4) is 0 Å². The van der Waals surface area contributed by atoms with Crippen LogP contribution in [0.4, 0.5) is 0 Å². The Morgan fingerprint density at radius 3 is 2.61 bits per heavy atom. The Morgan fingerprint density at radius 2 is 2.17 bits per heavy atom. The molecule has 1 aliphatic rings. The van der Waals surface area contributed by atoms with Crippen LogP contribution in [-0.2, 0) is 0 Å².